The van der Waals surface area contributed by atoms with E-state index in [-0.39, 0.29) is 16.7 Å². The van der Waals surface area contributed by atoms with Gasteiger partial charge in [0.2, 0.25) is 0 Å². The molecule has 2 rings (SSSR count). The molecule has 19 heavy (non-hydrogen) atoms. The second-order valence-electron chi connectivity index (χ2n) is 5.06. The Morgan fingerprint density at radius 3 is 2.47 bits per heavy atom. The Morgan fingerprint density at radius 1 is 1.42 bits per heavy atom. The number of nitrogens with one attached hydrogen (secondary N) is 1. The molecule has 7 heteroatoms. The Balaban J connectivity index is 2.42. The molecule has 1 aliphatic rings. The summed E-state index contributed by atoms with van der Waals surface area (Å²) < 4.78 is 36.2. The molecule has 0 atom stereocenters. The average molecular weight is 306 g/mol. The second-order valence-corrected chi connectivity index (χ2v) is 7.59. The van der Waals surface area contributed by atoms with Crippen LogP contribution in [0.1, 0.15) is 35.7 Å². The Labute approximate surface area is 115 Å². The van der Waals surface area contributed by atoms with Crippen LogP contribution < -0.4 is 5.32 Å². The van der Waals surface area contributed by atoms with Crippen LogP contribution in [-0.2, 0) is 9.05 Å². The van der Waals surface area contributed by atoms with Gasteiger partial charge in [0.05, 0.1) is 0 Å². The zero-order valence-corrected chi connectivity index (χ0v) is 12.0. The maximum Gasteiger partial charge on any atom is 0.264 e. The van der Waals surface area contributed by atoms with Crippen molar-refractivity contribution in [2.75, 3.05) is 0 Å². The maximum atomic E-state index is 13.7. The topological polar surface area (TPSA) is 63.2 Å². The quantitative estimate of drug-likeness (QED) is 0.872. The summed E-state index contributed by atoms with van der Waals surface area (Å²) in [5.41, 5.74) is -0.0848. The van der Waals surface area contributed by atoms with Crippen LogP contribution in [0.3, 0.4) is 0 Å². The molecule has 1 N–H and O–H groups in total. The van der Waals surface area contributed by atoms with Gasteiger partial charge in [0.1, 0.15) is 10.7 Å². The Bertz CT molecular complexity index is 653. The van der Waals surface area contributed by atoms with Gasteiger partial charge >= 0.3 is 0 Å². The van der Waals surface area contributed by atoms with Crippen LogP contribution in [0.25, 0.3) is 0 Å². The highest BCUT2D eigenvalue weighted by atomic mass is 35.7. The minimum absolute atomic E-state index is 0.0628. The number of aryl methyl sites for hydroxylation is 1. The predicted molar refractivity (Wildman–Crippen MR) is 69.3 cm³/mol. The molecule has 0 aliphatic heterocycles. The van der Waals surface area contributed by atoms with Crippen LogP contribution >= 0.6 is 10.7 Å². The van der Waals surface area contributed by atoms with E-state index in [0.29, 0.717) is 0 Å². The predicted octanol–water partition coefficient (Wildman–Crippen LogP) is 2.34. The van der Waals surface area contributed by atoms with E-state index in [0.717, 1.165) is 18.9 Å². The molecule has 1 fully saturated rings. The van der Waals surface area contributed by atoms with Crippen LogP contribution in [-0.4, -0.2) is 19.9 Å². The number of hydrogen-bond donors (Lipinski definition) is 1. The third kappa shape index (κ3) is 3.06. The van der Waals surface area contributed by atoms with Crippen molar-refractivity contribution in [3.63, 3.8) is 0 Å². The van der Waals surface area contributed by atoms with Gasteiger partial charge < -0.3 is 5.32 Å². The summed E-state index contributed by atoms with van der Waals surface area (Å²) in [7, 11) is 0.936. The first kappa shape index (κ1) is 14.3. The SMILES string of the molecule is Cc1cc(C(=O)NC2(C)CC2)cc(S(=O)(=O)Cl)c1F. The van der Waals surface area contributed by atoms with E-state index < -0.39 is 25.7 Å². The van der Waals surface area contributed by atoms with Gasteiger partial charge in [-0.15, -0.1) is 0 Å². The fourth-order valence-electron chi connectivity index (χ4n) is 1.70. The Kier molecular flexibility index (Phi) is 3.35. The fraction of sp³-hybridized carbons (Fsp3) is 0.417. The Hall–Kier alpha value is -1.14. The molecule has 0 unspecified atom stereocenters. The number of carbonyl (C=O) groups excluding carboxylic acids is 1. The van der Waals surface area contributed by atoms with Crippen molar-refractivity contribution in [2.45, 2.75) is 37.1 Å². The first-order valence-corrected chi connectivity index (χ1v) is 8.01. The maximum absolute atomic E-state index is 13.7. The molecule has 0 aromatic heterocycles. The zero-order valence-electron chi connectivity index (χ0n) is 10.5. The smallest absolute Gasteiger partial charge is 0.264 e. The van der Waals surface area contributed by atoms with Gasteiger partial charge in [0.15, 0.2) is 0 Å². The third-order valence-corrected chi connectivity index (χ3v) is 4.48. The molecule has 0 radical (unpaired) electrons. The third-order valence-electron chi connectivity index (χ3n) is 3.16. The highest BCUT2D eigenvalue weighted by molar-refractivity contribution is 8.13. The lowest BCUT2D eigenvalue weighted by Gasteiger charge is -2.13. The van der Waals surface area contributed by atoms with E-state index in [9.17, 15) is 17.6 Å². The Morgan fingerprint density at radius 2 is 2.00 bits per heavy atom. The van der Waals surface area contributed by atoms with Gasteiger partial charge in [-0.25, -0.2) is 12.8 Å². The highest BCUT2D eigenvalue weighted by Crippen LogP contribution is 2.34. The molecular weight excluding hydrogens is 293 g/mol. The number of benzene rings is 1. The molecule has 1 aliphatic carbocycles. The molecule has 0 spiro atoms. The summed E-state index contributed by atoms with van der Waals surface area (Å²) >= 11 is 0. The summed E-state index contributed by atoms with van der Waals surface area (Å²) in [6, 6.07) is 2.27. The molecule has 1 aromatic rings. The van der Waals surface area contributed by atoms with Crippen molar-refractivity contribution in [1.29, 1.82) is 0 Å². The normalized spacial score (nSPS) is 17.1. The molecule has 0 heterocycles. The van der Waals surface area contributed by atoms with Crippen molar-refractivity contribution in [1.82, 2.24) is 5.32 Å². The van der Waals surface area contributed by atoms with Crippen LogP contribution in [0.5, 0.6) is 0 Å². The first-order chi connectivity index (χ1) is 8.62. The van der Waals surface area contributed by atoms with Crippen molar-refractivity contribution < 1.29 is 17.6 Å². The average Bonchev–Trinajstić information content (AvgIpc) is 2.98. The molecule has 0 saturated heterocycles. The minimum atomic E-state index is -4.22. The van der Waals surface area contributed by atoms with Crippen molar-refractivity contribution in [2.24, 2.45) is 0 Å². The molecule has 1 amide bonds. The highest BCUT2D eigenvalue weighted by Gasteiger charge is 2.39. The van der Waals surface area contributed by atoms with Crippen molar-refractivity contribution in [3.8, 4) is 0 Å². The summed E-state index contributed by atoms with van der Waals surface area (Å²) in [6.45, 7) is 3.27. The van der Waals surface area contributed by atoms with E-state index in [1.807, 2.05) is 6.92 Å². The van der Waals surface area contributed by atoms with Gasteiger partial charge in [-0.3, -0.25) is 4.79 Å². The minimum Gasteiger partial charge on any atom is -0.347 e. The lowest BCUT2D eigenvalue weighted by atomic mass is 10.1. The molecule has 0 bridgehead atoms. The summed E-state index contributed by atoms with van der Waals surface area (Å²) in [5.74, 6) is -1.35. The van der Waals surface area contributed by atoms with E-state index >= 15 is 0 Å². The number of carbonyl (C=O) groups is 1. The number of amides is 1. The molecule has 104 valence electrons. The summed E-state index contributed by atoms with van der Waals surface area (Å²) in [6.07, 6.45) is 1.75. The van der Waals surface area contributed by atoms with Crippen molar-refractivity contribution in [3.05, 3.63) is 29.1 Å². The van der Waals surface area contributed by atoms with Gasteiger partial charge in [0, 0.05) is 21.8 Å². The molecule has 1 saturated carbocycles. The van der Waals surface area contributed by atoms with Gasteiger partial charge in [-0.2, -0.15) is 0 Å². The van der Waals surface area contributed by atoms with E-state index in [2.05, 4.69) is 5.32 Å². The van der Waals surface area contributed by atoms with Crippen LogP contribution in [0.4, 0.5) is 4.39 Å². The standard InChI is InChI=1S/C12H13ClFNO3S/c1-7-5-8(11(16)15-12(2)3-4-12)6-9(10(7)14)19(13,17)18/h5-6H,3-4H2,1-2H3,(H,15,16). The van der Waals surface area contributed by atoms with Crippen LogP contribution in [0.2, 0.25) is 0 Å². The van der Waals surface area contributed by atoms with E-state index in [1.165, 1.54) is 13.0 Å². The number of halogens is 2. The van der Waals surface area contributed by atoms with E-state index in [4.69, 9.17) is 10.7 Å². The van der Waals surface area contributed by atoms with Crippen LogP contribution in [0, 0.1) is 12.7 Å². The summed E-state index contributed by atoms with van der Waals surface area (Å²) in [4.78, 5) is 11.3. The number of rotatable bonds is 3. The summed E-state index contributed by atoms with van der Waals surface area (Å²) in [5, 5.41) is 2.77. The van der Waals surface area contributed by atoms with Crippen molar-refractivity contribution >= 4 is 25.6 Å². The lowest BCUT2D eigenvalue weighted by molar-refractivity contribution is 0.0935. The zero-order chi connectivity index (χ0) is 14.4. The van der Waals surface area contributed by atoms with Gasteiger partial charge in [-0.1, -0.05) is 0 Å². The van der Waals surface area contributed by atoms with Gasteiger partial charge in [0.25, 0.3) is 15.0 Å². The molecular formula is C12H13ClFNO3S. The number of hydrogen-bond acceptors (Lipinski definition) is 3. The monoisotopic (exact) mass is 305 g/mol. The van der Waals surface area contributed by atoms with Gasteiger partial charge in [-0.05, 0) is 44.4 Å². The first-order valence-electron chi connectivity index (χ1n) is 5.70. The largest absolute Gasteiger partial charge is 0.347 e. The fourth-order valence-corrected chi connectivity index (χ4v) is 2.68. The van der Waals surface area contributed by atoms with Crippen LogP contribution in [0.15, 0.2) is 17.0 Å². The molecule has 1 aromatic carbocycles. The van der Waals surface area contributed by atoms with E-state index in [1.54, 1.807) is 0 Å². The lowest BCUT2D eigenvalue weighted by Crippen LogP contribution is -2.34. The molecule has 4 nitrogen and oxygen atoms in total. The second kappa shape index (κ2) is 4.45.